The highest BCUT2D eigenvalue weighted by Crippen LogP contribution is 2.34. The van der Waals surface area contributed by atoms with E-state index in [9.17, 15) is 8.42 Å². The molecule has 0 atom stereocenters. The van der Waals surface area contributed by atoms with Gasteiger partial charge in [0.25, 0.3) is 10.0 Å². The third-order valence-electron chi connectivity index (χ3n) is 4.08. The number of sulfonamides is 1. The number of ether oxygens (including phenoxy) is 2. The third kappa shape index (κ3) is 3.65. The number of benzene rings is 2. The molecule has 0 bridgehead atoms. The zero-order chi connectivity index (χ0) is 18.9. The van der Waals surface area contributed by atoms with Crippen molar-refractivity contribution in [3.8, 4) is 11.5 Å². The Morgan fingerprint density at radius 1 is 1.00 bits per heavy atom. The summed E-state index contributed by atoms with van der Waals surface area (Å²) in [5, 5.41) is 3.25. The van der Waals surface area contributed by atoms with E-state index in [0.717, 1.165) is 16.9 Å². The highest BCUT2D eigenvalue weighted by Gasteiger charge is 2.20. The molecule has 0 saturated heterocycles. The van der Waals surface area contributed by atoms with Crippen LogP contribution in [0.15, 0.2) is 65.7 Å². The summed E-state index contributed by atoms with van der Waals surface area (Å²) in [6, 6.07) is 15.7. The highest BCUT2D eigenvalue weighted by atomic mass is 32.2. The molecule has 0 spiro atoms. The number of aromatic nitrogens is 1. The SMILES string of the molecule is Cc1ccccc1Nc1ccc(NS(=O)(=O)c2ccc3c(c2)OCO3)nc1. The van der Waals surface area contributed by atoms with Crippen LogP contribution in [0.3, 0.4) is 0 Å². The Balaban J connectivity index is 1.50. The van der Waals surface area contributed by atoms with E-state index in [1.54, 1.807) is 24.4 Å². The average Bonchev–Trinajstić information content (AvgIpc) is 3.13. The van der Waals surface area contributed by atoms with E-state index in [4.69, 9.17) is 9.47 Å². The van der Waals surface area contributed by atoms with Crippen LogP contribution in [0, 0.1) is 6.92 Å². The molecule has 3 aromatic rings. The fourth-order valence-corrected chi connectivity index (χ4v) is 3.66. The van der Waals surface area contributed by atoms with Gasteiger partial charge < -0.3 is 14.8 Å². The molecule has 8 heteroatoms. The van der Waals surface area contributed by atoms with E-state index >= 15 is 0 Å². The second-order valence-corrected chi connectivity index (χ2v) is 7.68. The van der Waals surface area contributed by atoms with Crippen LogP contribution in [0.4, 0.5) is 17.2 Å². The van der Waals surface area contributed by atoms with Crippen molar-refractivity contribution in [3.05, 3.63) is 66.4 Å². The normalized spacial score (nSPS) is 12.6. The van der Waals surface area contributed by atoms with Gasteiger partial charge >= 0.3 is 0 Å². The molecule has 1 aromatic heterocycles. The monoisotopic (exact) mass is 383 g/mol. The molecule has 1 aliphatic rings. The molecular formula is C19H17N3O4S. The molecule has 0 unspecified atom stereocenters. The standard InChI is InChI=1S/C19H17N3O4S/c1-13-4-2-3-5-16(13)21-14-6-9-19(20-11-14)22-27(23,24)15-7-8-17-18(10-15)26-12-25-17/h2-11,21H,12H2,1H3,(H,20,22). The molecule has 0 saturated carbocycles. The van der Waals surface area contributed by atoms with Gasteiger partial charge in [0.15, 0.2) is 11.5 Å². The fourth-order valence-electron chi connectivity index (χ4n) is 2.64. The molecule has 0 amide bonds. The van der Waals surface area contributed by atoms with E-state index < -0.39 is 10.0 Å². The number of nitrogens with zero attached hydrogens (tertiary/aromatic N) is 1. The van der Waals surface area contributed by atoms with Crippen LogP contribution < -0.4 is 19.5 Å². The quantitative estimate of drug-likeness (QED) is 0.699. The number of aryl methyl sites for hydroxylation is 1. The van der Waals surface area contributed by atoms with Gasteiger partial charge in [-0.3, -0.25) is 4.72 Å². The van der Waals surface area contributed by atoms with Crippen LogP contribution >= 0.6 is 0 Å². The Morgan fingerprint density at radius 3 is 2.59 bits per heavy atom. The number of pyridine rings is 1. The Hall–Kier alpha value is -3.26. The molecule has 27 heavy (non-hydrogen) atoms. The molecule has 0 fully saturated rings. The lowest BCUT2D eigenvalue weighted by atomic mass is 10.2. The number of nitrogens with one attached hydrogen (secondary N) is 2. The average molecular weight is 383 g/mol. The van der Waals surface area contributed by atoms with Crippen LogP contribution in [0.2, 0.25) is 0 Å². The number of para-hydroxylation sites is 1. The minimum absolute atomic E-state index is 0.0793. The van der Waals surface area contributed by atoms with E-state index in [1.807, 2.05) is 31.2 Å². The van der Waals surface area contributed by atoms with E-state index in [1.165, 1.54) is 12.1 Å². The number of hydrogen-bond donors (Lipinski definition) is 2. The molecule has 2 heterocycles. The maximum absolute atomic E-state index is 12.6. The second kappa shape index (κ2) is 6.81. The van der Waals surface area contributed by atoms with Gasteiger partial charge in [0.2, 0.25) is 6.79 Å². The summed E-state index contributed by atoms with van der Waals surface area (Å²) in [6.45, 7) is 2.09. The maximum atomic E-state index is 12.6. The second-order valence-electron chi connectivity index (χ2n) is 5.99. The van der Waals surface area contributed by atoms with Gasteiger partial charge in [0, 0.05) is 11.8 Å². The zero-order valence-electron chi connectivity index (χ0n) is 14.5. The van der Waals surface area contributed by atoms with Crippen molar-refractivity contribution in [2.45, 2.75) is 11.8 Å². The predicted octanol–water partition coefficient (Wildman–Crippen LogP) is 3.66. The van der Waals surface area contributed by atoms with Gasteiger partial charge in [-0.2, -0.15) is 0 Å². The Kier molecular flexibility index (Phi) is 4.33. The van der Waals surface area contributed by atoms with E-state index in [0.29, 0.717) is 11.5 Å². The number of fused-ring (bicyclic) bond motifs is 1. The van der Waals surface area contributed by atoms with Gasteiger partial charge in [-0.15, -0.1) is 0 Å². The molecule has 138 valence electrons. The largest absolute Gasteiger partial charge is 0.454 e. The van der Waals surface area contributed by atoms with Crippen molar-refractivity contribution < 1.29 is 17.9 Å². The molecular weight excluding hydrogens is 366 g/mol. The maximum Gasteiger partial charge on any atom is 0.263 e. The van der Waals surface area contributed by atoms with Gasteiger partial charge in [-0.05, 0) is 42.8 Å². The lowest BCUT2D eigenvalue weighted by Gasteiger charge is -2.11. The van der Waals surface area contributed by atoms with Crippen LogP contribution in [-0.4, -0.2) is 20.2 Å². The third-order valence-corrected chi connectivity index (χ3v) is 5.43. The first-order chi connectivity index (χ1) is 13.0. The summed E-state index contributed by atoms with van der Waals surface area (Å²) in [5.74, 6) is 1.16. The summed E-state index contributed by atoms with van der Waals surface area (Å²) in [4.78, 5) is 4.26. The number of anilines is 3. The molecule has 2 N–H and O–H groups in total. The molecule has 0 aliphatic carbocycles. The molecule has 1 aliphatic heterocycles. The van der Waals surface area contributed by atoms with Crippen LogP contribution in [0.5, 0.6) is 11.5 Å². The molecule has 7 nitrogen and oxygen atoms in total. The first-order valence-electron chi connectivity index (χ1n) is 8.22. The van der Waals surface area contributed by atoms with Crippen LogP contribution in [0.25, 0.3) is 0 Å². The van der Waals surface area contributed by atoms with Gasteiger partial charge in [0.1, 0.15) is 5.82 Å². The minimum atomic E-state index is -3.78. The van der Waals surface area contributed by atoms with Crippen molar-refractivity contribution in [2.24, 2.45) is 0 Å². The minimum Gasteiger partial charge on any atom is -0.454 e. The van der Waals surface area contributed by atoms with Crippen molar-refractivity contribution in [2.75, 3.05) is 16.8 Å². The predicted molar refractivity (Wildman–Crippen MR) is 102 cm³/mol. The smallest absolute Gasteiger partial charge is 0.263 e. The van der Waals surface area contributed by atoms with Crippen molar-refractivity contribution in [1.82, 2.24) is 4.98 Å². The zero-order valence-corrected chi connectivity index (χ0v) is 15.3. The lowest BCUT2D eigenvalue weighted by Crippen LogP contribution is -2.13. The van der Waals surface area contributed by atoms with Gasteiger partial charge in [-0.25, -0.2) is 13.4 Å². The van der Waals surface area contributed by atoms with Crippen LogP contribution in [0.1, 0.15) is 5.56 Å². The highest BCUT2D eigenvalue weighted by molar-refractivity contribution is 7.92. The van der Waals surface area contributed by atoms with Crippen molar-refractivity contribution in [1.29, 1.82) is 0 Å². The summed E-state index contributed by atoms with van der Waals surface area (Å²) in [5.41, 5.74) is 2.83. The summed E-state index contributed by atoms with van der Waals surface area (Å²) < 4.78 is 38.0. The molecule has 4 rings (SSSR count). The van der Waals surface area contributed by atoms with Crippen molar-refractivity contribution >= 4 is 27.2 Å². The number of rotatable bonds is 5. The molecule has 0 radical (unpaired) electrons. The summed E-state index contributed by atoms with van der Waals surface area (Å²) in [6.07, 6.45) is 1.57. The first-order valence-corrected chi connectivity index (χ1v) is 9.71. The Labute approximate surface area is 157 Å². The van der Waals surface area contributed by atoms with Gasteiger partial charge in [0.05, 0.1) is 16.8 Å². The van der Waals surface area contributed by atoms with E-state index in [-0.39, 0.29) is 17.5 Å². The molecule has 2 aromatic carbocycles. The van der Waals surface area contributed by atoms with Crippen molar-refractivity contribution in [3.63, 3.8) is 0 Å². The Morgan fingerprint density at radius 2 is 1.81 bits per heavy atom. The number of hydrogen-bond acceptors (Lipinski definition) is 6. The topological polar surface area (TPSA) is 89.5 Å². The van der Waals surface area contributed by atoms with Gasteiger partial charge in [-0.1, -0.05) is 18.2 Å². The Bertz CT molecular complexity index is 1080. The summed E-state index contributed by atoms with van der Waals surface area (Å²) in [7, 11) is -3.78. The summed E-state index contributed by atoms with van der Waals surface area (Å²) >= 11 is 0. The van der Waals surface area contributed by atoms with Crippen LogP contribution in [-0.2, 0) is 10.0 Å². The first kappa shape index (κ1) is 17.2. The lowest BCUT2D eigenvalue weighted by molar-refractivity contribution is 0.174. The van der Waals surface area contributed by atoms with E-state index in [2.05, 4.69) is 15.0 Å². The fraction of sp³-hybridized carbons (Fsp3) is 0.105.